The van der Waals surface area contributed by atoms with Crippen LogP contribution in [0.2, 0.25) is 0 Å². The van der Waals surface area contributed by atoms with E-state index < -0.39 is 0 Å². The van der Waals surface area contributed by atoms with Crippen molar-refractivity contribution in [2.45, 2.75) is 0 Å². The number of halogens is 3. The van der Waals surface area contributed by atoms with Gasteiger partial charge < -0.3 is 0 Å². The van der Waals surface area contributed by atoms with E-state index in [1.165, 1.54) is 11.3 Å². The fourth-order valence-electron chi connectivity index (χ4n) is 1.28. The molecule has 0 aliphatic rings. The molecule has 1 aromatic carbocycles. The minimum atomic E-state index is 0.0233. The van der Waals surface area contributed by atoms with Gasteiger partial charge in [0, 0.05) is 35.3 Å². The van der Waals surface area contributed by atoms with Crippen LogP contribution in [0.15, 0.2) is 42.4 Å². The molecule has 0 aliphatic heterocycles. The Morgan fingerprint density at radius 2 is 1.62 bits per heavy atom. The second-order valence-corrected chi connectivity index (χ2v) is 6.55. The molecule has 0 fully saturated rings. The van der Waals surface area contributed by atoms with Gasteiger partial charge in [0.2, 0.25) is 0 Å². The molecular weight excluding hydrogens is 420 g/mol. The summed E-state index contributed by atoms with van der Waals surface area (Å²) in [5.41, 5.74) is 1.37. The van der Waals surface area contributed by atoms with Gasteiger partial charge in [-0.05, 0) is 34.1 Å². The summed E-state index contributed by atoms with van der Waals surface area (Å²) < 4.78 is 2.62. The first-order valence-corrected chi connectivity index (χ1v) is 7.62. The van der Waals surface area contributed by atoms with Crippen LogP contribution in [-0.2, 0) is 0 Å². The fourth-order valence-corrected chi connectivity index (χ4v) is 4.03. The third kappa shape index (κ3) is 2.64. The molecule has 1 aromatic heterocycles. The topological polar surface area (TPSA) is 17.1 Å². The Morgan fingerprint density at radius 3 is 2.12 bits per heavy atom. The monoisotopic (exact) mass is 422 g/mol. The number of benzene rings is 1. The van der Waals surface area contributed by atoms with Crippen molar-refractivity contribution in [3.05, 3.63) is 53.5 Å². The minimum absolute atomic E-state index is 0.0233. The van der Waals surface area contributed by atoms with Gasteiger partial charge in [-0.3, -0.25) is 4.79 Å². The van der Waals surface area contributed by atoms with Crippen LogP contribution in [0.25, 0.3) is 0 Å². The van der Waals surface area contributed by atoms with Gasteiger partial charge >= 0.3 is 0 Å². The molecule has 1 heterocycles. The molecule has 2 aromatic rings. The zero-order chi connectivity index (χ0) is 11.7. The lowest BCUT2D eigenvalue weighted by atomic mass is 10.1. The van der Waals surface area contributed by atoms with Crippen LogP contribution in [0, 0.1) is 0 Å². The first-order valence-electron chi connectivity index (χ1n) is 4.30. The van der Waals surface area contributed by atoms with Crippen LogP contribution in [0.4, 0.5) is 0 Å². The van der Waals surface area contributed by atoms with Crippen molar-refractivity contribution >= 4 is 64.9 Å². The van der Waals surface area contributed by atoms with E-state index in [1.54, 1.807) is 0 Å². The first-order chi connectivity index (χ1) is 7.58. The Bertz CT molecular complexity index is 528. The van der Waals surface area contributed by atoms with Crippen molar-refractivity contribution in [1.29, 1.82) is 0 Å². The number of thiophene rings is 1. The Kier molecular flexibility index (Phi) is 4.00. The lowest BCUT2D eigenvalue weighted by molar-refractivity contribution is 0.103. The summed E-state index contributed by atoms with van der Waals surface area (Å²) in [6, 6.07) is 5.54. The number of hydrogen-bond donors (Lipinski definition) is 0. The molecule has 0 saturated carbocycles. The van der Waals surface area contributed by atoms with Crippen molar-refractivity contribution < 1.29 is 4.79 Å². The number of ketones is 1. The van der Waals surface area contributed by atoms with Gasteiger partial charge in [0.15, 0.2) is 5.78 Å². The largest absolute Gasteiger partial charge is 0.289 e. The van der Waals surface area contributed by atoms with Gasteiger partial charge in [-0.1, -0.05) is 31.9 Å². The maximum Gasteiger partial charge on any atom is 0.195 e. The summed E-state index contributed by atoms with van der Waals surface area (Å²) in [7, 11) is 0. The van der Waals surface area contributed by atoms with Crippen LogP contribution in [0.3, 0.4) is 0 Å². The van der Waals surface area contributed by atoms with Gasteiger partial charge in [-0.25, -0.2) is 0 Å². The molecule has 0 atom stereocenters. The highest BCUT2D eigenvalue weighted by atomic mass is 79.9. The van der Waals surface area contributed by atoms with Crippen LogP contribution in [0.5, 0.6) is 0 Å². The summed E-state index contributed by atoms with van der Waals surface area (Å²) in [4.78, 5) is 12.2. The van der Waals surface area contributed by atoms with E-state index in [1.807, 2.05) is 29.0 Å². The molecule has 0 N–H and O–H groups in total. The van der Waals surface area contributed by atoms with E-state index in [-0.39, 0.29) is 5.78 Å². The third-order valence-electron chi connectivity index (χ3n) is 1.98. The smallest absolute Gasteiger partial charge is 0.195 e. The summed E-state index contributed by atoms with van der Waals surface area (Å²) in [5.74, 6) is 0.0233. The van der Waals surface area contributed by atoms with Gasteiger partial charge in [-0.2, -0.15) is 11.3 Å². The fraction of sp³-hybridized carbons (Fsp3) is 0. The molecule has 0 saturated heterocycles. The van der Waals surface area contributed by atoms with Crippen molar-refractivity contribution in [3.63, 3.8) is 0 Å². The summed E-state index contributed by atoms with van der Waals surface area (Å²) >= 11 is 11.6. The van der Waals surface area contributed by atoms with Crippen LogP contribution in [0.1, 0.15) is 15.9 Å². The van der Waals surface area contributed by atoms with Crippen molar-refractivity contribution in [3.8, 4) is 0 Å². The number of hydrogen-bond acceptors (Lipinski definition) is 2. The van der Waals surface area contributed by atoms with Crippen LogP contribution in [-0.4, -0.2) is 5.78 Å². The lowest BCUT2D eigenvalue weighted by Gasteiger charge is -2.02. The highest BCUT2D eigenvalue weighted by molar-refractivity contribution is 9.11. The molecule has 0 bridgehead atoms. The number of carbonyl (C=O) groups excluding carboxylic acids is 1. The van der Waals surface area contributed by atoms with Gasteiger partial charge in [0.05, 0.1) is 0 Å². The third-order valence-corrected chi connectivity index (χ3v) is 4.60. The van der Waals surface area contributed by atoms with Crippen molar-refractivity contribution in [2.24, 2.45) is 0 Å². The average Bonchev–Trinajstić information content (AvgIpc) is 2.62. The summed E-state index contributed by atoms with van der Waals surface area (Å²) in [6.07, 6.45) is 0. The average molecular weight is 425 g/mol. The first kappa shape index (κ1) is 12.5. The molecule has 0 radical (unpaired) electrons. The van der Waals surface area contributed by atoms with Gasteiger partial charge in [-0.15, -0.1) is 0 Å². The summed E-state index contributed by atoms with van der Waals surface area (Å²) in [5, 5.41) is 3.75. The highest BCUT2D eigenvalue weighted by Gasteiger charge is 2.14. The van der Waals surface area contributed by atoms with E-state index in [0.717, 1.165) is 13.4 Å². The Labute approximate surface area is 122 Å². The Balaban J connectivity index is 2.45. The van der Waals surface area contributed by atoms with Gasteiger partial charge in [0.1, 0.15) is 0 Å². The highest BCUT2D eigenvalue weighted by Crippen LogP contribution is 2.27. The molecule has 5 heteroatoms. The second-order valence-electron chi connectivity index (χ2n) is 3.12. The summed E-state index contributed by atoms with van der Waals surface area (Å²) in [6.45, 7) is 0. The zero-order valence-electron chi connectivity index (χ0n) is 7.84. The maximum atomic E-state index is 12.2. The van der Waals surface area contributed by atoms with Crippen LogP contribution >= 0.6 is 59.1 Å². The predicted molar refractivity (Wildman–Crippen MR) is 77.3 cm³/mol. The standard InChI is InChI=1S/C11H5Br3OS/c12-7-1-6(2-8(13)3-7)11(15)9-4-16-5-10(9)14/h1-5H. The molecule has 0 amide bonds. The predicted octanol–water partition coefficient (Wildman–Crippen LogP) is 5.27. The van der Waals surface area contributed by atoms with E-state index in [9.17, 15) is 4.79 Å². The number of carbonyl (C=O) groups is 1. The quantitative estimate of drug-likeness (QED) is 0.600. The Morgan fingerprint density at radius 1 is 1.00 bits per heavy atom. The Hall–Kier alpha value is 0.0300. The van der Waals surface area contributed by atoms with Crippen LogP contribution < -0.4 is 0 Å². The maximum absolute atomic E-state index is 12.2. The van der Waals surface area contributed by atoms with Crippen molar-refractivity contribution in [1.82, 2.24) is 0 Å². The molecule has 0 spiro atoms. The molecule has 82 valence electrons. The second kappa shape index (κ2) is 5.12. The number of rotatable bonds is 2. The molecule has 16 heavy (non-hydrogen) atoms. The van der Waals surface area contributed by atoms with E-state index in [4.69, 9.17) is 0 Å². The zero-order valence-corrected chi connectivity index (χ0v) is 13.4. The van der Waals surface area contributed by atoms with E-state index in [0.29, 0.717) is 11.1 Å². The normalized spacial score (nSPS) is 10.4. The van der Waals surface area contributed by atoms with Crippen molar-refractivity contribution in [2.75, 3.05) is 0 Å². The molecule has 2 rings (SSSR count). The SMILES string of the molecule is O=C(c1cc(Br)cc(Br)c1)c1cscc1Br. The van der Waals surface area contributed by atoms with E-state index in [2.05, 4.69) is 47.8 Å². The lowest BCUT2D eigenvalue weighted by Crippen LogP contribution is -2.00. The molecule has 1 nitrogen and oxygen atoms in total. The van der Waals surface area contributed by atoms with E-state index >= 15 is 0 Å². The molecular formula is C11H5Br3OS. The molecule has 0 aliphatic carbocycles. The minimum Gasteiger partial charge on any atom is -0.289 e. The molecule has 0 unspecified atom stereocenters. The van der Waals surface area contributed by atoms with Gasteiger partial charge in [0.25, 0.3) is 0 Å².